The Hall–Kier alpha value is -0.530. The summed E-state index contributed by atoms with van der Waals surface area (Å²) in [6, 6.07) is 9.06. The molecule has 2 aromatic rings. The lowest BCUT2D eigenvalue weighted by Gasteiger charge is -2.20. The van der Waals surface area contributed by atoms with Crippen LogP contribution in [0.15, 0.2) is 40.9 Å². The van der Waals surface area contributed by atoms with Gasteiger partial charge in [-0.2, -0.15) is 0 Å². The molecule has 0 radical (unpaired) electrons. The van der Waals surface area contributed by atoms with Gasteiger partial charge in [0.05, 0.1) is 6.04 Å². The second-order valence-corrected chi connectivity index (χ2v) is 6.10. The Morgan fingerprint density at radius 2 is 1.79 bits per heavy atom. The Morgan fingerprint density at radius 1 is 1.16 bits per heavy atom. The van der Waals surface area contributed by atoms with Crippen molar-refractivity contribution in [1.29, 1.82) is 0 Å². The lowest BCUT2D eigenvalue weighted by molar-refractivity contribution is 0.521. The molecule has 0 amide bonds. The van der Waals surface area contributed by atoms with E-state index in [1.54, 1.807) is 7.05 Å². The van der Waals surface area contributed by atoms with Gasteiger partial charge in [-0.1, -0.05) is 22.0 Å². The topological polar surface area (TPSA) is 12.0 Å². The first-order valence-corrected chi connectivity index (χ1v) is 7.48. The molecule has 1 unspecified atom stereocenters. The van der Waals surface area contributed by atoms with Gasteiger partial charge < -0.3 is 5.32 Å². The molecule has 0 heterocycles. The van der Waals surface area contributed by atoms with E-state index in [4.69, 9.17) is 0 Å². The van der Waals surface area contributed by atoms with Crippen LogP contribution in [0, 0.1) is 15.2 Å². The van der Waals surface area contributed by atoms with Crippen LogP contribution in [-0.2, 0) is 0 Å². The molecular formula is C14H11BrF2IN. The second-order valence-electron chi connectivity index (χ2n) is 4.02. The molecule has 0 fully saturated rings. The van der Waals surface area contributed by atoms with Gasteiger partial charge in [-0.25, -0.2) is 8.78 Å². The molecule has 0 aliphatic rings. The second kappa shape index (κ2) is 6.28. The predicted molar refractivity (Wildman–Crippen MR) is 84.1 cm³/mol. The highest BCUT2D eigenvalue weighted by atomic mass is 127. The summed E-state index contributed by atoms with van der Waals surface area (Å²) in [7, 11) is 1.69. The van der Waals surface area contributed by atoms with Crippen molar-refractivity contribution in [2.75, 3.05) is 7.05 Å². The number of halogens is 4. The standard InChI is InChI=1S/C14H11BrF2IN/c1-19-14(9-7-8(15)5-6-12(9)18)13-10(16)3-2-4-11(13)17/h2-7,14,19H,1H3. The molecule has 100 valence electrons. The fraction of sp³-hybridized carbons (Fsp3) is 0.143. The molecule has 0 aliphatic carbocycles. The fourth-order valence-electron chi connectivity index (χ4n) is 1.98. The first-order valence-electron chi connectivity index (χ1n) is 5.60. The number of rotatable bonds is 3. The smallest absolute Gasteiger partial charge is 0.131 e. The summed E-state index contributed by atoms with van der Waals surface area (Å²) < 4.78 is 29.6. The highest BCUT2D eigenvalue weighted by Crippen LogP contribution is 2.31. The van der Waals surface area contributed by atoms with Gasteiger partial charge >= 0.3 is 0 Å². The van der Waals surface area contributed by atoms with Crippen molar-refractivity contribution in [3.8, 4) is 0 Å². The van der Waals surface area contributed by atoms with E-state index in [1.165, 1.54) is 18.2 Å². The first-order chi connectivity index (χ1) is 9.04. The predicted octanol–water partition coefficient (Wildman–Crippen LogP) is 4.64. The molecule has 0 bridgehead atoms. The zero-order valence-electron chi connectivity index (χ0n) is 10.1. The summed E-state index contributed by atoms with van der Waals surface area (Å²) in [5, 5.41) is 2.98. The van der Waals surface area contributed by atoms with Gasteiger partial charge in [-0.15, -0.1) is 0 Å². The molecule has 1 nitrogen and oxygen atoms in total. The Bertz CT molecular complexity index is 584. The maximum atomic E-state index is 13.9. The average Bonchev–Trinajstić information content (AvgIpc) is 2.37. The summed E-state index contributed by atoms with van der Waals surface area (Å²) in [4.78, 5) is 0. The maximum absolute atomic E-state index is 13.9. The third-order valence-corrected chi connectivity index (χ3v) is 4.32. The zero-order chi connectivity index (χ0) is 14.0. The normalized spacial score (nSPS) is 12.5. The Balaban J connectivity index is 2.59. The summed E-state index contributed by atoms with van der Waals surface area (Å²) in [6.45, 7) is 0. The van der Waals surface area contributed by atoms with Crippen molar-refractivity contribution in [3.05, 3.63) is 67.2 Å². The van der Waals surface area contributed by atoms with Crippen LogP contribution in [-0.4, -0.2) is 7.05 Å². The lowest BCUT2D eigenvalue weighted by atomic mass is 9.98. The van der Waals surface area contributed by atoms with Crippen LogP contribution < -0.4 is 5.32 Å². The third kappa shape index (κ3) is 3.14. The Labute approximate surface area is 132 Å². The Kier molecular flexibility index (Phi) is 4.92. The minimum Gasteiger partial charge on any atom is -0.309 e. The van der Waals surface area contributed by atoms with Crippen molar-refractivity contribution in [1.82, 2.24) is 5.32 Å². The minimum atomic E-state index is -0.546. The summed E-state index contributed by atoms with van der Waals surface area (Å²) in [5.41, 5.74) is 0.877. The lowest BCUT2D eigenvalue weighted by Crippen LogP contribution is -2.21. The molecule has 5 heteroatoms. The van der Waals surface area contributed by atoms with E-state index >= 15 is 0 Å². The molecule has 2 rings (SSSR count). The quantitative estimate of drug-likeness (QED) is 0.689. The van der Waals surface area contributed by atoms with E-state index in [2.05, 4.69) is 43.8 Å². The molecule has 0 aromatic heterocycles. The number of benzene rings is 2. The Morgan fingerprint density at radius 3 is 2.37 bits per heavy atom. The average molecular weight is 438 g/mol. The van der Waals surface area contributed by atoms with Gasteiger partial charge in [0.2, 0.25) is 0 Å². The maximum Gasteiger partial charge on any atom is 0.131 e. The number of nitrogens with one attached hydrogen (secondary N) is 1. The van der Waals surface area contributed by atoms with Gasteiger partial charge in [-0.3, -0.25) is 0 Å². The van der Waals surface area contributed by atoms with Crippen LogP contribution in [0.3, 0.4) is 0 Å². The van der Waals surface area contributed by atoms with Crippen LogP contribution in [0.4, 0.5) is 8.78 Å². The van der Waals surface area contributed by atoms with Gasteiger partial charge in [0.25, 0.3) is 0 Å². The van der Waals surface area contributed by atoms with E-state index < -0.39 is 17.7 Å². The van der Waals surface area contributed by atoms with Gasteiger partial charge in [0.15, 0.2) is 0 Å². The molecule has 0 aliphatic heterocycles. The van der Waals surface area contributed by atoms with Crippen molar-refractivity contribution in [2.24, 2.45) is 0 Å². The SMILES string of the molecule is CNC(c1cc(Br)ccc1I)c1c(F)cccc1F. The van der Waals surface area contributed by atoms with Gasteiger partial charge in [0, 0.05) is 13.6 Å². The first kappa shape index (κ1) is 14.9. The van der Waals surface area contributed by atoms with Crippen molar-refractivity contribution >= 4 is 38.5 Å². The van der Waals surface area contributed by atoms with Gasteiger partial charge in [-0.05, 0) is 65.5 Å². The molecule has 19 heavy (non-hydrogen) atoms. The van der Waals surface area contributed by atoms with Crippen LogP contribution in [0.5, 0.6) is 0 Å². The molecule has 1 atom stereocenters. The highest BCUT2D eigenvalue weighted by molar-refractivity contribution is 14.1. The van der Waals surface area contributed by atoms with E-state index in [0.717, 1.165) is 13.6 Å². The van der Waals surface area contributed by atoms with E-state index in [-0.39, 0.29) is 5.56 Å². The van der Waals surface area contributed by atoms with Gasteiger partial charge in [0.1, 0.15) is 11.6 Å². The summed E-state index contributed by atoms with van der Waals surface area (Å²) in [6.07, 6.45) is 0. The monoisotopic (exact) mass is 437 g/mol. The van der Waals surface area contributed by atoms with E-state index in [9.17, 15) is 8.78 Å². The van der Waals surface area contributed by atoms with Crippen LogP contribution in [0.1, 0.15) is 17.2 Å². The molecule has 0 saturated carbocycles. The summed E-state index contributed by atoms with van der Waals surface area (Å²) >= 11 is 5.54. The molecule has 2 aromatic carbocycles. The van der Waals surface area contributed by atoms with E-state index in [1.807, 2.05) is 18.2 Å². The molecule has 1 N–H and O–H groups in total. The van der Waals surface area contributed by atoms with Crippen LogP contribution in [0.2, 0.25) is 0 Å². The third-order valence-electron chi connectivity index (χ3n) is 2.85. The largest absolute Gasteiger partial charge is 0.309 e. The van der Waals surface area contributed by atoms with Crippen molar-refractivity contribution in [2.45, 2.75) is 6.04 Å². The molecular weight excluding hydrogens is 427 g/mol. The van der Waals surface area contributed by atoms with Crippen molar-refractivity contribution in [3.63, 3.8) is 0 Å². The highest BCUT2D eigenvalue weighted by Gasteiger charge is 2.22. The minimum absolute atomic E-state index is 0.0426. The molecule has 0 saturated heterocycles. The summed E-state index contributed by atoms with van der Waals surface area (Å²) in [5.74, 6) is -1.09. The van der Waals surface area contributed by atoms with E-state index in [0.29, 0.717) is 0 Å². The number of hydrogen-bond donors (Lipinski definition) is 1. The zero-order valence-corrected chi connectivity index (χ0v) is 13.8. The van der Waals surface area contributed by atoms with Crippen LogP contribution >= 0.6 is 38.5 Å². The van der Waals surface area contributed by atoms with Crippen LogP contribution in [0.25, 0.3) is 0 Å². The molecule has 0 spiro atoms. The number of hydrogen-bond acceptors (Lipinski definition) is 1. The van der Waals surface area contributed by atoms with Crippen molar-refractivity contribution < 1.29 is 8.78 Å². The fourth-order valence-corrected chi connectivity index (χ4v) is 3.00.